The zero-order valence-corrected chi connectivity index (χ0v) is 10.9. The number of rotatable bonds is 4. The lowest BCUT2D eigenvalue weighted by Gasteiger charge is -2.15. The van der Waals surface area contributed by atoms with Gasteiger partial charge in [-0.15, -0.1) is 25.5 Å². The monoisotopic (exact) mass is 279 g/mol. The molecule has 9 nitrogen and oxygen atoms in total. The van der Waals surface area contributed by atoms with E-state index in [4.69, 9.17) is 9.57 Å². The van der Waals surface area contributed by atoms with Gasteiger partial charge >= 0.3 is 6.16 Å². The van der Waals surface area contributed by atoms with Crippen LogP contribution in [-0.2, 0) is 20.8 Å². The number of carbonyl (C=O) groups is 2. The maximum atomic E-state index is 11.4. The number of ether oxygens (including phenoxy) is 1. The van der Waals surface area contributed by atoms with E-state index in [1.165, 1.54) is 0 Å². The summed E-state index contributed by atoms with van der Waals surface area (Å²) in [6, 6.07) is 0. The van der Waals surface area contributed by atoms with E-state index < -0.39 is 6.16 Å². The molecule has 0 bridgehead atoms. The van der Waals surface area contributed by atoms with Crippen molar-refractivity contribution >= 4 is 12.1 Å². The molecule has 0 spiro atoms. The Morgan fingerprint density at radius 3 is 2.60 bits per heavy atom. The first-order valence-electron chi connectivity index (χ1n) is 5.94. The first-order valence-corrected chi connectivity index (χ1v) is 5.94. The highest BCUT2D eigenvalue weighted by atomic mass is 16.8. The first kappa shape index (κ1) is 13.8. The van der Waals surface area contributed by atoms with Gasteiger partial charge in [0.1, 0.15) is 6.61 Å². The molecule has 1 fully saturated rings. The van der Waals surface area contributed by atoms with Crippen molar-refractivity contribution in [2.24, 2.45) is 0 Å². The number of allylic oxidation sites excluding steroid dienone is 1. The lowest BCUT2D eigenvalue weighted by atomic mass is 10.3. The fraction of sp³-hybridized carbons (Fsp3) is 0.455. The third-order valence-electron chi connectivity index (χ3n) is 2.47. The average molecular weight is 279 g/mol. The van der Waals surface area contributed by atoms with Crippen molar-refractivity contribution in [2.45, 2.75) is 26.2 Å². The highest BCUT2D eigenvalue weighted by molar-refractivity contribution is 5.81. The van der Waals surface area contributed by atoms with Crippen LogP contribution in [0.25, 0.3) is 0 Å². The zero-order chi connectivity index (χ0) is 14.5. The number of aromatic nitrogens is 4. The molecule has 0 aromatic carbocycles. The van der Waals surface area contributed by atoms with E-state index in [1.54, 1.807) is 6.92 Å². The number of hydrogen-bond donors (Lipinski definition) is 0. The number of hydroxylamine groups is 2. The fourth-order valence-corrected chi connectivity index (χ4v) is 1.47. The van der Waals surface area contributed by atoms with Gasteiger partial charge in [-0.25, -0.2) is 4.79 Å². The van der Waals surface area contributed by atoms with E-state index in [0.29, 0.717) is 23.8 Å². The van der Waals surface area contributed by atoms with E-state index in [9.17, 15) is 9.59 Å². The summed E-state index contributed by atoms with van der Waals surface area (Å²) in [6.07, 6.45) is 0.0282. The standard InChI is InChI=1S/C11H13N5O4/c1-7-3-4-10(17)16(7)20-11(18)19-6-5-9-14-12-8(2)13-15-9/h1,3-6H2,2H3. The van der Waals surface area contributed by atoms with Crippen LogP contribution < -0.4 is 0 Å². The maximum absolute atomic E-state index is 11.4. The number of aryl methyl sites for hydroxylation is 1. The molecule has 106 valence electrons. The molecule has 20 heavy (non-hydrogen) atoms. The second-order valence-electron chi connectivity index (χ2n) is 4.06. The predicted octanol–water partition coefficient (Wildman–Crippen LogP) is 0.322. The van der Waals surface area contributed by atoms with Crippen LogP contribution in [0.1, 0.15) is 24.5 Å². The minimum atomic E-state index is -0.977. The molecule has 1 saturated heterocycles. The summed E-state index contributed by atoms with van der Waals surface area (Å²) in [5.74, 6) is 0.493. The minimum Gasteiger partial charge on any atom is -0.432 e. The van der Waals surface area contributed by atoms with Gasteiger partial charge in [-0.1, -0.05) is 6.58 Å². The molecule has 1 aromatic rings. The van der Waals surface area contributed by atoms with Crippen LogP contribution in [0, 0.1) is 6.92 Å². The molecule has 1 amide bonds. The van der Waals surface area contributed by atoms with Crippen molar-refractivity contribution in [3.8, 4) is 0 Å². The third kappa shape index (κ3) is 3.46. The Morgan fingerprint density at radius 2 is 2.00 bits per heavy atom. The van der Waals surface area contributed by atoms with E-state index >= 15 is 0 Å². The number of hydrogen-bond acceptors (Lipinski definition) is 8. The lowest BCUT2D eigenvalue weighted by molar-refractivity contribution is -0.157. The molecule has 2 heterocycles. The van der Waals surface area contributed by atoms with E-state index in [0.717, 1.165) is 5.06 Å². The summed E-state index contributed by atoms with van der Waals surface area (Å²) in [6.45, 7) is 5.27. The van der Waals surface area contributed by atoms with Gasteiger partial charge in [0.2, 0.25) is 0 Å². The van der Waals surface area contributed by atoms with Crippen LogP contribution in [0.2, 0.25) is 0 Å². The van der Waals surface area contributed by atoms with Crippen LogP contribution in [0.5, 0.6) is 0 Å². The highest BCUT2D eigenvalue weighted by Crippen LogP contribution is 2.20. The minimum absolute atomic E-state index is 0.000237. The van der Waals surface area contributed by atoms with Gasteiger partial charge in [0.25, 0.3) is 5.91 Å². The van der Waals surface area contributed by atoms with Gasteiger partial charge in [-0.3, -0.25) is 9.63 Å². The Kier molecular flexibility index (Phi) is 4.18. The molecular weight excluding hydrogens is 266 g/mol. The molecule has 0 N–H and O–H groups in total. The van der Waals surface area contributed by atoms with Gasteiger partial charge in [0.05, 0.1) is 5.70 Å². The third-order valence-corrected chi connectivity index (χ3v) is 2.47. The molecule has 1 aliphatic rings. The van der Waals surface area contributed by atoms with E-state index in [2.05, 4.69) is 27.0 Å². The average Bonchev–Trinajstić information content (AvgIpc) is 2.73. The van der Waals surface area contributed by atoms with Crippen molar-refractivity contribution in [1.29, 1.82) is 0 Å². The van der Waals surface area contributed by atoms with Gasteiger partial charge in [-0.05, 0) is 13.3 Å². The molecular formula is C11H13N5O4. The summed E-state index contributed by atoms with van der Waals surface area (Å²) in [7, 11) is 0. The Morgan fingerprint density at radius 1 is 1.30 bits per heavy atom. The van der Waals surface area contributed by atoms with Crippen molar-refractivity contribution in [3.05, 3.63) is 23.9 Å². The van der Waals surface area contributed by atoms with Crippen LogP contribution in [0.15, 0.2) is 12.3 Å². The molecule has 0 aliphatic carbocycles. The number of carbonyl (C=O) groups excluding carboxylic acids is 2. The van der Waals surface area contributed by atoms with Gasteiger partial charge in [0.15, 0.2) is 11.6 Å². The molecule has 1 aliphatic heterocycles. The van der Waals surface area contributed by atoms with Crippen molar-refractivity contribution in [2.75, 3.05) is 6.61 Å². The predicted molar refractivity (Wildman–Crippen MR) is 63.7 cm³/mol. The van der Waals surface area contributed by atoms with Crippen molar-refractivity contribution in [1.82, 2.24) is 25.5 Å². The quantitative estimate of drug-likeness (QED) is 0.725. The Hall–Kier alpha value is -2.58. The van der Waals surface area contributed by atoms with Gasteiger partial charge in [0, 0.05) is 12.8 Å². The summed E-state index contributed by atoms with van der Waals surface area (Å²) in [5, 5.41) is 15.8. The molecule has 2 rings (SSSR count). The lowest BCUT2D eigenvalue weighted by Crippen LogP contribution is -2.27. The molecule has 1 aromatic heterocycles. The molecule has 0 unspecified atom stereocenters. The van der Waals surface area contributed by atoms with Crippen molar-refractivity contribution in [3.63, 3.8) is 0 Å². The fourth-order valence-electron chi connectivity index (χ4n) is 1.47. The van der Waals surface area contributed by atoms with Crippen LogP contribution in [0.4, 0.5) is 4.79 Å². The Balaban J connectivity index is 1.74. The van der Waals surface area contributed by atoms with Crippen LogP contribution in [0.3, 0.4) is 0 Å². The molecule has 0 saturated carbocycles. The SMILES string of the molecule is C=C1CCC(=O)N1OC(=O)OCCc1nnc(C)nn1. The summed E-state index contributed by atoms with van der Waals surface area (Å²) >= 11 is 0. The van der Waals surface area contributed by atoms with Gasteiger partial charge < -0.3 is 4.74 Å². The van der Waals surface area contributed by atoms with Crippen LogP contribution in [-0.4, -0.2) is 44.1 Å². The highest BCUT2D eigenvalue weighted by Gasteiger charge is 2.28. The van der Waals surface area contributed by atoms with Crippen molar-refractivity contribution < 1.29 is 19.2 Å². The largest absolute Gasteiger partial charge is 0.533 e. The summed E-state index contributed by atoms with van der Waals surface area (Å²) < 4.78 is 4.80. The summed E-state index contributed by atoms with van der Waals surface area (Å²) in [5.41, 5.74) is 0.433. The molecule has 0 radical (unpaired) electrons. The van der Waals surface area contributed by atoms with E-state index in [1.807, 2.05) is 0 Å². The maximum Gasteiger partial charge on any atom is 0.533 e. The van der Waals surface area contributed by atoms with Crippen LogP contribution >= 0.6 is 0 Å². The number of amides is 1. The Bertz CT molecular complexity index is 514. The van der Waals surface area contributed by atoms with Gasteiger partial charge in [-0.2, -0.15) is 0 Å². The summed E-state index contributed by atoms with van der Waals surface area (Å²) in [4.78, 5) is 27.5. The number of nitrogens with zero attached hydrogens (tertiary/aromatic N) is 5. The second kappa shape index (κ2) is 6.04. The smallest absolute Gasteiger partial charge is 0.432 e. The Labute approximate surface area is 114 Å². The topological polar surface area (TPSA) is 107 Å². The second-order valence-corrected chi connectivity index (χ2v) is 4.06. The first-order chi connectivity index (χ1) is 9.56. The van der Waals surface area contributed by atoms with E-state index in [-0.39, 0.29) is 25.4 Å². The zero-order valence-electron chi connectivity index (χ0n) is 10.9. The molecule has 9 heteroatoms. The molecule has 0 atom stereocenters. The normalized spacial score (nSPS) is 14.6.